The van der Waals surface area contributed by atoms with Gasteiger partial charge < -0.3 is 9.52 Å². The van der Waals surface area contributed by atoms with Crippen molar-refractivity contribution in [2.75, 3.05) is 18.1 Å². The second kappa shape index (κ2) is 5.87. The second-order valence-corrected chi connectivity index (χ2v) is 7.95. The lowest BCUT2D eigenvalue weighted by Crippen LogP contribution is -2.41. The maximum Gasteiger partial charge on any atom is 0.317 e. The number of carboxylic acids is 1. The molecule has 2 unspecified atom stereocenters. The molecule has 0 radical (unpaired) electrons. The summed E-state index contributed by atoms with van der Waals surface area (Å²) in [5.41, 5.74) is 0. The first kappa shape index (κ1) is 15.5. The van der Waals surface area contributed by atoms with E-state index in [0.29, 0.717) is 16.9 Å². The lowest BCUT2D eigenvalue weighted by molar-refractivity contribution is -0.139. The topological polar surface area (TPSA) is 87.8 Å². The van der Waals surface area contributed by atoms with Crippen LogP contribution in [0.4, 0.5) is 0 Å². The Morgan fingerprint density at radius 1 is 1.60 bits per heavy atom. The predicted octanol–water partition coefficient (Wildman–Crippen LogP) is 1.68. The van der Waals surface area contributed by atoms with Gasteiger partial charge in [0.25, 0.3) is 0 Å². The first-order valence-corrected chi connectivity index (χ1v) is 8.83. The largest absolute Gasteiger partial charge is 0.480 e. The van der Waals surface area contributed by atoms with Crippen LogP contribution in [0, 0.1) is 0 Å². The number of halogens is 1. The van der Waals surface area contributed by atoms with Gasteiger partial charge in [-0.2, -0.15) is 0 Å². The second-order valence-electron chi connectivity index (χ2n) is 4.94. The number of hydrogen-bond donors (Lipinski definition) is 1. The van der Waals surface area contributed by atoms with Crippen molar-refractivity contribution >= 4 is 31.7 Å². The maximum atomic E-state index is 11.6. The van der Waals surface area contributed by atoms with E-state index in [2.05, 4.69) is 15.9 Å². The third kappa shape index (κ3) is 3.62. The predicted molar refractivity (Wildman–Crippen MR) is 76.2 cm³/mol. The fourth-order valence-electron chi connectivity index (χ4n) is 2.49. The highest BCUT2D eigenvalue weighted by atomic mass is 79.9. The van der Waals surface area contributed by atoms with Gasteiger partial charge in [0, 0.05) is 6.04 Å². The summed E-state index contributed by atoms with van der Waals surface area (Å²) in [5, 5.41) is 9.04. The Balaban J connectivity index is 2.21. The maximum absolute atomic E-state index is 11.6. The molecule has 1 aromatic heterocycles. The van der Waals surface area contributed by atoms with Gasteiger partial charge in [-0.25, -0.2) is 8.42 Å². The summed E-state index contributed by atoms with van der Waals surface area (Å²) in [7, 11) is -3.06. The van der Waals surface area contributed by atoms with Crippen LogP contribution in [0.1, 0.15) is 25.1 Å². The minimum Gasteiger partial charge on any atom is -0.480 e. The van der Waals surface area contributed by atoms with Crippen molar-refractivity contribution in [3.63, 3.8) is 0 Å². The molecule has 0 amide bonds. The number of carbonyl (C=O) groups is 1. The number of aliphatic carboxylic acids is 1. The Morgan fingerprint density at radius 2 is 2.30 bits per heavy atom. The van der Waals surface area contributed by atoms with Crippen LogP contribution in [0.2, 0.25) is 0 Å². The highest BCUT2D eigenvalue weighted by molar-refractivity contribution is 9.10. The molecule has 0 bridgehead atoms. The van der Waals surface area contributed by atoms with Crippen LogP contribution in [0.25, 0.3) is 0 Å². The standard InChI is InChI=1S/C12H16BrNO5S/c1-8(10-2-3-11(13)19-10)14(6-12(15)16)9-4-5-20(17,18)7-9/h2-3,8-9H,4-7H2,1H3,(H,15,16). The molecule has 6 nitrogen and oxygen atoms in total. The Kier molecular flexibility index (Phi) is 4.55. The minimum absolute atomic E-state index is 0.00645. The van der Waals surface area contributed by atoms with Crippen molar-refractivity contribution in [1.82, 2.24) is 4.90 Å². The molecular formula is C12H16BrNO5S. The third-order valence-corrected chi connectivity index (χ3v) is 5.68. The molecule has 1 fully saturated rings. The zero-order chi connectivity index (χ0) is 14.9. The first-order valence-electron chi connectivity index (χ1n) is 6.22. The van der Waals surface area contributed by atoms with E-state index >= 15 is 0 Å². The highest BCUT2D eigenvalue weighted by Crippen LogP contribution is 2.29. The summed E-state index contributed by atoms with van der Waals surface area (Å²) in [6.45, 7) is 1.61. The molecule has 1 aliphatic rings. The van der Waals surface area contributed by atoms with Gasteiger partial charge in [-0.1, -0.05) is 0 Å². The normalized spacial score (nSPS) is 23.1. The smallest absolute Gasteiger partial charge is 0.317 e. The van der Waals surface area contributed by atoms with Crippen LogP contribution < -0.4 is 0 Å². The lowest BCUT2D eigenvalue weighted by atomic mass is 10.1. The third-order valence-electron chi connectivity index (χ3n) is 3.50. The zero-order valence-corrected chi connectivity index (χ0v) is 13.4. The molecule has 2 rings (SSSR count). The van der Waals surface area contributed by atoms with E-state index < -0.39 is 15.8 Å². The van der Waals surface area contributed by atoms with Crippen molar-refractivity contribution in [2.45, 2.75) is 25.4 Å². The Hall–Kier alpha value is -0.860. The highest BCUT2D eigenvalue weighted by Gasteiger charge is 2.36. The van der Waals surface area contributed by atoms with E-state index in [1.807, 2.05) is 6.92 Å². The number of rotatable bonds is 5. The molecule has 1 saturated heterocycles. The van der Waals surface area contributed by atoms with E-state index in [-0.39, 0.29) is 30.1 Å². The van der Waals surface area contributed by atoms with E-state index in [1.165, 1.54) is 0 Å². The van der Waals surface area contributed by atoms with Crippen molar-refractivity contribution in [1.29, 1.82) is 0 Å². The summed E-state index contributed by atoms with van der Waals surface area (Å²) < 4.78 is 29.2. The number of furan rings is 1. The van der Waals surface area contributed by atoms with E-state index in [1.54, 1.807) is 17.0 Å². The summed E-state index contributed by atoms with van der Waals surface area (Å²) in [4.78, 5) is 12.7. The van der Waals surface area contributed by atoms with Gasteiger partial charge in [0.05, 0.1) is 24.1 Å². The van der Waals surface area contributed by atoms with Crippen LogP contribution in [0.3, 0.4) is 0 Å². The van der Waals surface area contributed by atoms with Crippen molar-refractivity contribution in [3.05, 3.63) is 22.6 Å². The molecule has 0 aromatic carbocycles. The van der Waals surface area contributed by atoms with E-state index in [4.69, 9.17) is 9.52 Å². The fraction of sp³-hybridized carbons (Fsp3) is 0.583. The van der Waals surface area contributed by atoms with Gasteiger partial charge in [-0.3, -0.25) is 9.69 Å². The molecular weight excluding hydrogens is 350 g/mol. The van der Waals surface area contributed by atoms with Gasteiger partial charge in [-0.05, 0) is 41.4 Å². The van der Waals surface area contributed by atoms with Gasteiger partial charge >= 0.3 is 5.97 Å². The number of hydrogen-bond acceptors (Lipinski definition) is 5. The van der Waals surface area contributed by atoms with Crippen LogP contribution in [0.5, 0.6) is 0 Å². The minimum atomic E-state index is -3.06. The molecule has 0 spiro atoms. The average molecular weight is 366 g/mol. The number of sulfone groups is 1. The van der Waals surface area contributed by atoms with Gasteiger partial charge in [0.15, 0.2) is 14.5 Å². The first-order chi connectivity index (χ1) is 9.28. The summed E-state index contributed by atoms with van der Waals surface area (Å²) >= 11 is 3.20. The Bertz CT molecular complexity index is 597. The molecule has 1 aromatic rings. The molecule has 2 heterocycles. The van der Waals surface area contributed by atoms with Crippen LogP contribution >= 0.6 is 15.9 Å². The summed E-state index contributed by atoms with van der Waals surface area (Å²) in [6, 6.07) is 2.91. The molecule has 2 atom stereocenters. The van der Waals surface area contributed by atoms with Gasteiger partial charge in [-0.15, -0.1) is 0 Å². The van der Waals surface area contributed by atoms with E-state index in [0.717, 1.165) is 0 Å². The van der Waals surface area contributed by atoms with E-state index in [9.17, 15) is 13.2 Å². The van der Waals surface area contributed by atoms with Crippen molar-refractivity contribution in [2.24, 2.45) is 0 Å². The van der Waals surface area contributed by atoms with Crippen molar-refractivity contribution in [3.8, 4) is 0 Å². The molecule has 112 valence electrons. The molecule has 0 aliphatic carbocycles. The Morgan fingerprint density at radius 3 is 2.75 bits per heavy atom. The Labute approximate surface area is 125 Å². The molecule has 20 heavy (non-hydrogen) atoms. The fourth-order valence-corrected chi connectivity index (χ4v) is 4.55. The zero-order valence-electron chi connectivity index (χ0n) is 11.0. The molecule has 1 aliphatic heterocycles. The average Bonchev–Trinajstić information content (AvgIpc) is 2.91. The molecule has 8 heteroatoms. The SMILES string of the molecule is CC(c1ccc(Br)o1)N(CC(=O)O)C1CCS(=O)(=O)C1. The van der Waals surface area contributed by atoms with Crippen molar-refractivity contribution < 1.29 is 22.7 Å². The number of nitrogens with zero attached hydrogens (tertiary/aromatic N) is 1. The van der Waals surface area contributed by atoms with Crippen LogP contribution in [-0.4, -0.2) is 48.5 Å². The van der Waals surface area contributed by atoms with Gasteiger partial charge in [0.1, 0.15) is 5.76 Å². The van der Waals surface area contributed by atoms with Crippen LogP contribution in [0.15, 0.2) is 21.2 Å². The molecule has 1 N–H and O–H groups in total. The lowest BCUT2D eigenvalue weighted by Gasteiger charge is -2.31. The quantitative estimate of drug-likeness (QED) is 0.853. The summed E-state index contributed by atoms with van der Waals surface area (Å²) in [5.74, 6) is -0.247. The van der Waals surface area contributed by atoms with Crippen LogP contribution in [-0.2, 0) is 14.6 Å². The monoisotopic (exact) mass is 365 g/mol. The number of carboxylic acid groups (broad SMARTS) is 1. The molecule has 0 saturated carbocycles. The summed E-state index contributed by atoms with van der Waals surface area (Å²) in [6.07, 6.45) is 0.460. The van der Waals surface area contributed by atoms with Gasteiger partial charge in [0.2, 0.25) is 0 Å².